The van der Waals surface area contributed by atoms with Crippen LogP contribution in [0.15, 0.2) is 46.5 Å². The Balaban J connectivity index is 1.62. The molecule has 1 aliphatic carbocycles. The summed E-state index contributed by atoms with van der Waals surface area (Å²) in [5.74, 6) is -1.43. The number of hydrogen-bond donors (Lipinski definition) is 1. The van der Waals surface area contributed by atoms with E-state index in [9.17, 15) is 31.5 Å². The number of hydrogen-bond acceptors (Lipinski definition) is 9. The van der Waals surface area contributed by atoms with Gasteiger partial charge in [-0.2, -0.15) is 13.2 Å². The van der Waals surface area contributed by atoms with Gasteiger partial charge in [0.25, 0.3) is 5.56 Å². The molecule has 1 aliphatic rings. The molecule has 6 rings (SSSR count). The zero-order chi connectivity index (χ0) is 28.6. The Hall–Kier alpha value is -3.62. The zero-order valence-electron chi connectivity index (χ0n) is 20.4. The summed E-state index contributed by atoms with van der Waals surface area (Å²) in [4.78, 5) is 30.2. The lowest BCUT2D eigenvalue weighted by Gasteiger charge is -2.15. The lowest BCUT2D eigenvalue weighted by molar-refractivity contribution is -0.145. The maximum absolute atomic E-state index is 14.0. The molecule has 0 amide bonds. The average molecular weight is 608 g/mol. The van der Waals surface area contributed by atoms with Gasteiger partial charge >= 0.3 is 6.18 Å². The van der Waals surface area contributed by atoms with E-state index in [1.54, 1.807) is 6.07 Å². The van der Waals surface area contributed by atoms with Gasteiger partial charge < -0.3 is 5.11 Å². The van der Waals surface area contributed by atoms with E-state index in [2.05, 4.69) is 15.0 Å². The molecule has 0 atom stereocenters. The first-order chi connectivity index (χ1) is 18.8. The van der Waals surface area contributed by atoms with Gasteiger partial charge in [0.05, 0.1) is 26.5 Å². The lowest BCUT2D eigenvalue weighted by atomic mass is 10.1. The predicted octanol–water partition coefficient (Wildman–Crippen LogP) is 5.17. The van der Waals surface area contributed by atoms with Crippen molar-refractivity contribution < 1.29 is 26.7 Å². The third kappa shape index (κ3) is 4.59. The van der Waals surface area contributed by atoms with Crippen LogP contribution in [0.1, 0.15) is 35.7 Å². The van der Waals surface area contributed by atoms with Crippen molar-refractivity contribution in [2.75, 3.05) is 6.26 Å². The summed E-state index contributed by atoms with van der Waals surface area (Å²) in [5.41, 5.74) is 0.535. The first kappa shape index (κ1) is 26.6. The molecule has 1 fully saturated rings. The van der Waals surface area contributed by atoms with Crippen molar-refractivity contribution in [1.29, 1.82) is 0 Å². The normalized spacial score (nSPS) is 14.3. The summed E-state index contributed by atoms with van der Waals surface area (Å²) >= 11 is 7.13. The van der Waals surface area contributed by atoms with Gasteiger partial charge in [0.2, 0.25) is 5.82 Å². The van der Waals surface area contributed by atoms with Gasteiger partial charge in [0.15, 0.2) is 21.4 Å². The highest BCUT2D eigenvalue weighted by Crippen LogP contribution is 2.45. The maximum atomic E-state index is 14.0. The molecular formula is C25H17ClF3N5O4S2. The number of thiophene rings is 1. The van der Waals surface area contributed by atoms with Crippen LogP contribution in [-0.4, -0.2) is 44.3 Å². The van der Waals surface area contributed by atoms with Gasteiger partial charge in [0.1, 0.15) is 10.5 Å². The second-order valence-corrected chi connectivity index (χ2v) is 12.9. The number of aromatic nitrogens is 5. The van der Waals surface area contributed by atoms with Crippen LogP contribution in [0.5, 0.6) is 5.75 Å². The van der Waals surface area contributed by atoms with Gasteiger partial charge in [-0.05, 0) is 36.5 Å². The van der Waals surface area contributed by atoms with Gasteiger partial charge in [-0.3, -0.25) is 14.3 Å². The van der Waals surface area contributed by atoms with Gasteiger partial charge in [-0.15, -0.1) is 11.3 Å². The van der Waals surface area contributed by atoms with Crippen molar-refractivity contribution in [3.05, 3.63) is 69.1 Å². The number of phenols is 1. The van der Waals surface area contributed by atoms with E-state index in [-0.39, 0.29) is 55.4 Å². The number of rotatable bonds is 5. The molecule has 0 aliphatic heterocycles. The van der Waals surface area contributed by atoms with Crippen molar-refractivity contribution >= 4 is 53.1 Å². The molecule has 1 N–H and O–H groups in total. The molecule has 0 radical (unpaired) electrons. The number of fused-ring (bicyclic) bond motifs is 3. The fraction of sp³-hybridized carbons (Fsp3) is 0.240. The monoisotopic (exact) mass is 607 g/mol. The van der Waals surface area contributed by atoms with Crippen LogP contribution in [0.4, 0.5) is 13.2 Å². The predicted molar refractivity (Wildman–Crippen MR) is 143 cm³/mol. The number of halogens is 4. The third-order valence-electron chi connectivity index (χ3n) is 6.54. The van der Waals surface area contributed by atoms with Crippen LogP contribution in [0.3, 0.4) is 0 Å². The van der Waals surface area contributed by atoms with E-state index in [0.29, 0.717) is 15.6 Å². The molecule has 0 unspecified atom stereocenters. The summed E-state index contributed by atoms with van der Waals surface area (Å²) in [5, 5.41) is 11.2. The molecular weight excluding hydrogens is 591 g/mol. The minimum Gasteiger partial charge on any atom is -0.505 e. The van der Waals surface area contributed by atoms with E-state index >= 15 is 0 Å². The Bertz CT molecular complexity index is 2000. The van der Waals surface area contributed by atoms with Crippen LogP contribution < -0.4 is 5.56 Å². The van der Waals surface area contributed by atoms with Crippen molar-refractivity contribution in [1.82, 2.24) is 24.5 Å². The van der Waals surface area contributed by atoms with Crippen molar-refractivity contribution in [2.24, 2.45) is 0 Å². The van der Waals surface area contributed by atoms with Crippen molar-refractivity contribution in [2.45, 2.75) is 36.4 Å². The second kappa shape index (κ2) is 9.21. The quantitative estimate of drug-likeness (QED) is 0.290. The molecule has 0 saturated heterocycles. The second-order valence-electron chi connectivity index (χ2n) is 9.45. The van der Waals surface area contributed by atoms with E-state index in [0.717, 1.165) is 42.8 Å². The van der Waals surface area contributed by atoms with E-state index in [1.807, 2.05) is 0 Å². The summed E-state index contributed by atoms with van der Waals surface area (Å²) in [6.45, 7) is -0.244. The first-order valence-electron chi connectivity index (χ1n) is 11.8. The summed E-state index contributed by atoms with van der Waals surface area (Å²) in [6, 6.07) is 4.55. The Morgan fingerprint density at radius 3 is 2.48 bits per heavy atom. The van der Waals surface area contributed by atoms with E-state index in [1.165, 1.54) is 22.9 Å². The molecule has 1 saturated carbocycles. The van der Waals surface area contributed by atoms with E-state index < -0.39 is 27.4 Å². The lowest BCUT2D eigenvalue weighted by Crippen LogP contribution is -2.25. The number of phenolic OH excluding ortho intramolecular Hbond substituents is 1. The molecule has 9 nitrogen and oxygen atoms in total. The van der Waals surface area contributed by atoms with Crippen LogP contribution >= 0.6 is 22.9 Å². The molecule has 5 aromatic rings. The number of sulfone groups is 1. The molecule has 4 aromatic heterocycles. The average Bonchev–Trinajstić information content (AvgIpc) is 3.67. The number of alkyl halides is 3. The largest absolute Gasteiger partial charge is 0.505 e. The Labute approximate surface area is 232 Å². The summed E-state index contributed by atoms with van der Waals surface area (Å²) < 4.78 is 65.1. The van der Waals surface area contributed by atoms with Crippen molar-refractivity contribution in [3.63, 3.8) is 0 Å². The van der Waals surface area contributed by atoms with Crippen molar-refractivity contribution in [3.8, 4) is 17.3 Å². The number of pyridine rings is 1. The fourth-order valence-electron chi connectivity index (χ4n) is 4.43. The van der Waals surface area contributed by atoms with E-state index in [4.69, 9.17) is 16.6 Å². The zero-order valence-corrected chi connectivity index (χ0v) is 22.8. The highest BCUT2D eigenvalue weighted by molar-refractivity contribution is 7.90. The smallest absolute Gasteiger partial charge is 0.451 e. The standard InChI is InChI=1S/C25H17ClF3N5O4S2/c1-40(37,38)13-6-15(12-2-3-12)18(30-9-13)21-33-22-17(14-4-5-16(26)19(35)20(14)39-22)23(36)34(21)10-11-7-31-24(32-8-11)25(27,28)29/h4-9,12,35H,2-3,10H2,1H3. The number of benzene rings is 1. The molecule has 15 heteroatoms. The van der Waals surface area contributed by atoms with Crippen LogP contribution in [0.25, 0.3) is 31.8 Å². The molecule has 0 spiro atoms. The van der Waals surface area contributed by atoms with Gasteiger partial charge in [0, 0.05) is 35.8 Å². The minimum atomic E-state index is -4.73. The summed E-state index contributed by atoms with van der Waals surface area (Å²) in [7, 11) is -3.57. The highest BCUT2D eigenvalue weighted by atomic mass is 35.5. The molecule has 40 heavy (non-hydrogen) atoms. The van der Waals surface area contributed by atoms with Crippen LogP contribution in [-0.2, 0) is 22.6 Å². The summed E-state index contributed by atoms with van der Waals surface area (Å²) in [6.07, 6.45) is 1.07. The number of nitrogens with zero attached hydrogens (tertiary/aromatic N) is 5. The minimum absolute atomic E-state index is 0.00455. The SMILES string of the molecule is CS(=O)(=O)c1cnc(-c2nc3sc4c(O)c(Cl)ccc4c3c(=O)n2Cc2cnc(C(F)(F)F)nc2)c(C2CC2)c1. The topological polar surface area (TPSA) is 128 Å². The Morgan fingerprint density at radius 2 is 1.85 bits per heavy atom. The molecule has 4 heterocycles. The first-order valence-corrected chi connectivity index (χ1v) is 14.8. The molecule has 1 aromatic carbocycles. The maximum Gasteiger partial charge on any atom is 0.451 e. The van der Waals surface area contributed by atoms with Crippen LogP contribution in [0.2, 0.25) is 5.02 Å². The Kier molecular flexibility index (Phi) is 6.12. The van der Waals surface area contributed by atoms with Gasteiger partial charge in [-0.1, -0.05) is 17.7 Å². The fourth-order valence-corrected chi connectivity index (χ4v) is 6.34. The Morgan fingerprint density at radius 1 is 1.15 bits per heavy atom. The molecule has 206 valence electrons. The van der Waals surface area contributed by atoms with Gasteiger partial charge in [-0.25, -0.2) is 23.4 Å². The van der Waals surface area contributed by atoms with Crippen LogP contribution in [0, 0.1) is 0 Å². The molecule has 0 bridgehead atoms. The third-order valence-corrected chi connectivity index (χ3v) is 9.03. The number of aromatic hydroxyl groups is 1. The highest BCUT2D eigenvalue weighted by Gasteiger charge is 2.34.